The first-order valence-electron chi connectivity index (χ1n) is 3.26. The molecule has 0 rings (SSSR count). The fourth-order valence-corrected chi connectivity index (χ4v) is 0.623. The van der Waals surface area contributed by atoms with Crippen LogP contribution in [0, 0.1) is 0 Å². The van der Waals surface area contributed by atoms with E-state index in [2.05, 4.69) is 5.32 Å². The smallest absolute Gasteiger partial charge is 0.00519 e. The molecule has 0 unspecified atom stereocenters. The quantitative estimate of drug-likeness (QED) is 0.508. The van der Waals surface area contributed by atoms with Crippen LogP contribution in [0.15, 0.2) is 0 Å². The summed E-state index contributed by atoms with van der Waals surface area (Å²) in [6.45, 7) is 1.96. The minimum atomic E-state index is 0.837. The topological polar surface area (TPSA) is 38.0 Å². The second-order valence-corrected chi connectivity index (χ2v) is 1.95. The number of hydrogen-bond donors (Lipinski definition) is 2. The molecule has 0 aromatic heterocycles. The second-order valence-electron chi connectivity index (χ2n) is 1.95. The maximum absolute atomic E-state index is 5.29. The van der Waals surface area contributed by atoms with Gasteiger partial charge in [0, 0.05) is 0 Å². The van der Waals surface area contributed by atoms with E-state index >= 15 is 0 Å². The fourth-order valence-electron chi connectivity index (χ4n) is 0.623. The molecule has 0 amide bonds. The van der Waals surface area contributed by atoms with Crippen LogP contribution in [0.1, 0.15) is 19.3 Å². The van der Waals surface area contributed by atoms with E-state index in [1.54, 1.807) is 0 Å². The van der Waals surface area contributed by atoms with E-state index in [4.69, 9.17) is 5.73 Å². The Morgan fingerprint density at radius 3 is 2.50 bits per heavy atom. The Kier molecular flexibility index (Phi) is 6.85. The molecule has 2 nitrogen and oxygen atoms in total. The van der Waals surface area contributed by atoms with Crippen molar-refractivity contribution in [3.63, 3.8) is 0 Å². The van der Waals surface area contributed by atoms with Gasteiger partial charge in [0.05, 0.1) is 0 Å². The molecule has 2 heteroatoms. The van der Waals surface area contributed by atoms with E-state index in [1.165, 1.54) is 19.3 Å². The van der Waals surface area contributed by atoms with Crippen LogP contribution in [0.5, 0.6) is 0 Å². The van der Waals surface area contributed by atoms with Crippen molar-refractivity contribution < 1.29 is 0 Å². The first kappa shape index (κ1) is 7.92. The van der Waals surface area contributed by atoms with Gasteiger partial charge in [-0.3, -0.25) is 0 Å². The summed E-state index contributed by atoms with van der Waals surface area (Å²) in [7, 11) is 1.97. The summed E-state index contributed by atoms with van der Waals surface area (Å²) in [6.07, 6.45) is 3.69. The lowest BCUT2D eigenvalue weighted by Gasteiger charge is -1.95. The van der Waals surface area contributed by atoms with Crippen LogP contribution in [0.2, 0.25) is 0 Å². The van der Waals surface area contributed by atoms with Crippen LogP contribution in [-0.4, -0.2) is 20.1 Å². The molecule has 0 heterocycles. The molecule has 0 aliphatic heterocycles. The van der Waals surface area contributed by atoms with Crippen molar-refractivity contribution in [2.75, 3.05) is 20.1 Å². The molecule has 8 heavy (non-hydrogen) atoms. The van der Waals surface area contributed by atoms with Crippen LogP contribution in [0.4, 0.5) is 0 Å². The largest absolute Gasteiger partial charge is 0.330 e. The van der Waals surface area contributed by atoms with Crippen molar-refractivity contribution in [3.05, 3.63) is 0 Å². The summed E-state index contributed by atoms with van der Waals surface area (Å²) in [5.41, 5.74) is 5.29. The lowest BCUT2D eigenvalue weighted by atomic mass is 10.2. The molecule has 0 aromatic rings. The van der Waals surface area contributed by atoms with Gasteiger partial charge in [0.15, 0.2) is 0 Å². The summed E-state index contributed by atoms with van der Waals surface area (Å²) in [4.78, 5) is 0. The Labute approximate surface area is 51.5 Å². The Bertz CT molecular complexity index is 31.5. The van der Waals surface area contributed by atoms with Gasteiger partial charge < -0.3 is 11.1 Å². The summed E-state index contributed by atoms with van der Waals surface area (Å²) in [5.74, 6) is 0. The minimum Gasteiger partial charge on any atom is -0.330 e. The zero-order chi connectivity index (χ0) is 6.24. The standard InChI is InChI=1S/C6H16N2/c1-8-6-4-2-3-5-7/h8H,2-7H2,1H3. The fraction of sp³-hybridized carbons (Fsp3) is 1.00. The molecule has 0 spiro atoms. The first-order valence-corrected chi connectivity index (χ1v) is 3.26. The summed E-state index contributed by atoms with van der Waals surface area (Å²) >= 11 is 0. The van der Waals surface area contributed by atoms with Crippen LogP contribution in [0.25, 0.3) is 0 Å². The molecule has 0 atom stereocenters. The molecule has 0 radical (unpaired) electrons. The number of unbranched alkanes of at least 4 members (excludes halogenated alkanes) is 2. The van der Waals surface area contributed by atoms with E-state index in [0.717, 1.165) is 13.1 Å². The van der Waals surface area contributed by atoms with Gasteiger partial charge >= 0.3 is 0 Å². The lowest BCUT2D eigenvalue weighted by Crippen LogP contribution is -2.08. The van der Waals surface area contributed by atoms with Gasteiger partial charge in [0.2, 0.25) is 0 Å². The number of nitrogens with two attached hydrogens (primary N) is 1. The van der Waals surface area contributed by atoms with Crippen LogP contribution in [-0.2, 0) is 0 Å². The first-order chi connectivity index (χ1) is 3.91. The average molecular weight is 116 g/mol. The number of nitrogens with one attached hydrogen (secondary N) is 1. The van der Waals surface area contributed by atoms with Crippen molar-refractivity contribution in [2.45, 2.75) is 19.3 Å². The number of rotatable bonds is 5. The van der Waals surface area contributed by atoms with Crippen molar-refractivity contribution >= 4 is 0 Å². The Hall–Kier alpha value is -0.0800. The van der Waals surface area contributed by atoms with Gasteiger partial charge in [-0.25, -0.2) is 0 Å². The molecular weight excluding hydrogens is 100 g/mol. The van der Waals surface area contributed by atoms with Crippen molar-refractivity contribution in [1.82, 2.24) is 5.32 Å². The van der Waals surface area contributed by atoms with Gasteiger partial charge in [0.25, 0.3) is 0 Å². The zero-order valence-corrected chi connectivity index (χ0v) is 5.61. The molecule has 50 valence electrons. The maximum Gasteiger partial charge on any atom is -0.00519 e. The van der Waals surface area contributed by atoms with Gasteiger partial charge in [-0.1, -0.05) is 6.42 Å². The average Bonchev–Trinajstić information content (AvgIpc) is 1.81. The van der Waals surface area contributed by atoms with E-state index in [0.29, 0.717) is 0 Å². The third-order valence-electron chi connectivity index (χ3n) is 1.13. The van der Waals surface area contributed by atoms with Crippen molar-refractivity contribution in [1.29, 1.82) is 0 Å². The molecule has 0 saturated heterocycles. The third kappa shape index (κ3) is 5.92. The Morgan fingerprint density at radius 2 is 2.00 bits per heavy atom. The highest BCUT2D eigenvalue weighted by atomic mass is 14.8. The van der Waals surface area contributed by atoms with E-state index in [-0.39, 0.29) is 0 Å². The SMILES string of the molecule is CNCCCCCN. The molecule has 0 aliphatic rings. The second kappa shape index (κ2) is 6.92. The molecule has 0 aromatic carbocycles. The van der Waals surface area contributed by atoms with Gasteiger partial charge in [-0.05, 0) is 33.0 Å². The minimum absolute atomic E-state index is 0.837. The normalized spacial score (nSPS) is 9.75. The maximum atomic E-state index is 5.29. The molecule has 3 N–H and O–H groups in total. The molecule has 0 aliphatic carbocycles. The monoisotopic (exact) mass is 116 g/mol. The molecular formula is C6H16N2. The summed E-state index contributed by atoms with van der Waals surface area (Å²) in [5, 5.41) is 3.09. The highest BCUT2D eigenvalue weighted by Gasteiger charge is 1.82. The predicted octanol–water partition coefficient (Wildman–Crippen LogP) is 0.335. The summed E-state index contributed by atoms with van der Waals surface area (Å²) in [6, 6.07) is 0. The zero-order valence-electron chi connectivity index (χ0n) is 5.61. The van der Waals surface area contributed by atoms with Gasteiger partial charge in [0.1, 0.15) is 0 Å². The lowest BCUT2D eigenvalue weighted by molar-refractivity contribution is 0.648. The third-order valence-corrected chi connectivity index (χ3v) is 1.13. The molecule has 0 saturated carbocycles. The van der Waals surface area contributed by atoms with E-state index in [9.17, 15) is 0 Å². The Morgan fingerprint density at radius 1 is 1.25 bits per heavy atom. The van der Waals surface area contributed by atoms with Crippen molar-refractivity contribution in [3.8, 4) is 0 Å². The van der Waals surface area contributed by atoms with Crippen molar-refractivity contribution in [2.24, 2.45) is 5.73 Å². The van der Waals surface area contributed by atoms with E-state index < -0.39 is 0 Å². The predicted molar refractivity (Wildman–Crippen MR) is 36.8 cm³/mol. The highest BCUT2D eigenvalue weighted by molar-refractivity contribution is 4.43. The number of hydrogen-bond acceptors (Lipinski definition) is 2. The molecule has 0 bridgehead atoms. The van der Waals surface area contributed by atoms with Crippen LogP contribution >= 0.6 is 0 Å². The summed E-state index contributed by atoms with van der Waals surface area (Å²) < 4.78 is 0. The van der Waals surface area contributed by atoms with Crippen LogP contribution in [0.3, 0.4) is 0 Å². The van der Waals surface area contributed by atoms with Crippen LogP contribution < -0.4 is 11.1 Å². The Balaban J connectivity index is 2.53. The molecule has 0 fully saturated rings. The van der Waals surface area contributed by atoms with Gasteiger partial charge in [-0.2, -0.15) is 0 Å². The highest BCUT2D eigenvalue weighted by Crippen LogP contribution is 1.89. The van der Waals surface area contributed by atoms with Gasteiger partial charge in [-0.15, -0.1) is 0 Å². The van der Waals surface area contributed by atoms with E-state index in [1.807, 2.05) is 7.05 Å².